The number of hydrogen-bond donors (Lipinski definition) is 1. The maximum absolute atomic E-state index is 12.9. The number of amides is 1. The van der Waals surface area contributed by atoms with Gasteiger partial charge in [0.15, 0.2) is 0 Å². The van der Waals surface area contributed by atoms with Crippen molar-refractivity contribution in [1.29, 1.82) is 0 Å². The summed E-state index contributed by atoms with van der Waals surface area (Å²) >= 11 is 7.59. The fourth-order valence-electron chi connectivity index (χ4n) is 2.81. The third-order valence-electron chi connectivity index (χ3n) is 4.18. The van der Waals surface area contributed by atoms with E-state index >= 15 is 0 Å². The average Bonchev–Trinajstić information content (AvgIpc) is 3.39. The van der Waals surface area contributed by atoms with E-state index < -0.39 is 0 Å². The van der Waals surface area contributed by atoms with Crippen LogP contribution in [0.4, 0.5) is 0 Å². The molecule has 0 spiro atoms. The molecule has 4 aromatic rings. The lowest BCUT2D eigenvalue weighted by atomic mass is 10.2. The molecule has 0 radical (unpaired) electrons. The molecule has 0 saturated heterocycles. The van der Waals surface area contributed by atoms with Crippen molar-refractivity contribution in [3.63, 3.8) is 0 Å². The third kappa shape index (κ3) is 4.13. The maximum Gasteiger partial charge on any atom is 0.270 e. The van der Waals surface area contributed by atoms with Crippen molar-refractivity contribution >= 4 is 28.8 Å². The Bertz CT molecular complexity index is 1060. The molecule has 5 nitrogen and oxygen atoms in total. The second kappa shape index (κ2) is 8.37. The third-order valence-corrected chi connectivity index (χ3v) is 5.32. The molecule has 0 unspecified atom stereocenters. The zero-order valence-electron chi connectivity index (χ0n) is 14.9. The van der Waals surface area contributed by atoms with E-state index in [-0.39, 0.29) is 5.91 Å². The molecule has 3 heterocycles. The van der Waals surface area contributed by atoms with Crippen molar-refractivity contribution in [2.24, 2.45) is 0 Å². The summed E-state index contributed by atoms with van der Waals surface area (Å²) in [5.41, 5.74) is 2.96. The number of aromatic nitrogens is 3. The molecule has 0 aliphatic carbocycles. The van der Waals surface area contributed by atoms with Gasteiger partial charge in [-0.1, -0.05) is 23.7 Å². The van der Waals surface area contributed by atoms with Crippen LogP contribution in [-0.2, 0) is 6.42 Å². The van der Waals surface area contributed by atoms with E-state index in [0.717, 1.165) is 22.0 Å². The number of nitrogens with one attached hydrogen (secondary N) is 1. The molecule has 4 rings (SSSR count). The topological polar surface area (TPSA) is 59.8 Å². The van der Waals surface area contributed by atoms with E-state index in [1.165, 1.54) is 0 Å². The predicted molar refractivity (Wildman–Crippen MR) is 112 cm³/mol. The molecular formula is C21H17ClN4OS. The van der Waals surface area contributed by atoms with Crippen LogP contribution in [0.25, 0.3) is 16.3 Å². The van der Waals surface area contributed by atoms with E-state index in [1.54, 1.807) is 34.3 Å². The van der Waals surface area contributed by atoms with Crippen LogP contribution in [0, 0.1) is 0 Å². The van der Waals surface area contributed by atoms with Crippen LogP contribution in [-0.4, -0.2) is 27.2 Å². The van der Waals surface area contributed by atoms with E-state index in [9.17, 15) is 4.79 Å². The number of thiophene rings is 1. The van der Waals surface area contributed by atoms with Crippen LogP contribution in [0.2, 0.25) is 5.02 Å². The summed E-state index contributed by atoms with van der Waals surface area (Å²) in [6.45, 7) is 0.496. The summed E-state index contributed by atoms with van der Waals surface area (Å²) in [6, 6.07) is 18.8. The Balaban J connectivity index is 1.58. The molecule has 0 bridgehead atoms. The van der Waals surface area contributed by atoms with Gasteiger partial charge < -0.3 is 5.32 Å². The van der Waals surface area contributed by atoms with Crippen molar-refractivity contribution < 1.29 is 4.79 Å². The molecule has 7 heteroatoms. The lowest BCUT2D eigenvalue weighted by molar-refractivity contribution is 0.0946. The van der Waals surface area contributed by atoms with Crippen molar-refractivity contribution in [2.45, 2.75) is 6.42 Å². The molecule has 0 atom stereocenters. The Kier molecular flexibility index (Phi) is 5.50. The summed E-state index contributed by atoms with van der Waals surface area (Å²) in [5.74, 6) is -0.179. The van der Waals surface area contributed by atoms with E-state index in [1.807, 2.05) is 53.9 Å². The summed E-state index contributed by atoms with van der Waals surface area (Å²) in [7, 11) is 0. The normalized spacial score (nSPS) is 10.8. The molecule has 1 amide bonds. The Morgan fingerprint density at radius 3 is 2.68 bits per heavy atom. The standard InChI is InChI=1S/C21H17ClN4OS/c22-15-6-8-17(9-7-15)26-19(14-18(25-26)20-5-3-13-28-20)21(27)24-12-10-16-4-1-2-11-23-16/h1-9,11,13-14H,10,12H2,(H,24,27). The van der Waals surface area contributed by atoms with Crippen LogP contribution in [0.1, 0.15) is 16.2 Å². The monoisotopic (exact) mass is 408 g/mol. The van der Waals surface area contributed by atoms with Gasteiger partial charge in [0.2, 0.25) is 0 Å². The van der Waals surface area contributed by atoms with Gasteiger partial charge in [0.25, 0.3) is 5.91 Å². The quantitative estimate of drug-likeness (QED) is 0.506. The van der Waals surface area contributed by atoms with Crippen molar-refractivity contribution in [3.8, 4) is 16.3 Å². The van der Waals surface area contributed by atoms with Gasteiger partial charge >= 0.3 is 0 Å². The Morgan fingerprint density at radius 1 is 1.11 bits per heavy atom. The minimum atomic E-state index is -0.179. The second-order valence-corrected chi connectivity index (χ2v) is 7.49. The van der Waals surface area contributed by atoms with Crippen LogP contribution >= 0.6 is 22.9 Å². The van der Waals surface area contributed by atoms with Crippen LogP contribution < -0.4 is 5.32 Å². The van der Waals surface area contributed by atoms with Gasteiger partial charge in [-0.05, 0) is 53.9 Å². The number of carbonyl (C=O) groups excluding carboxylic acids is 1. The summed E-state index contributed by atoms with van der Waals surface area (Å²) in [6.07, 6.45) is 2.42. The highest BCUT2D eigenvalue weighted by atomic mass is 35.5. The lowest BCUT2D eigenvalue weighted by Gasteiger charge is -2.08. The van der Waals surface area contributed by atoms with Crippen molar-refractivity contribution in [1.82, 2.24) is 20.1 Å². The van der Waals surface area contributed by atoms with Crippen LogP contribution in [0.3, 0.4) is 0 Å². The van der Waals surface area contributed by atoms with Gasteiger partial charge in [0.05, 0.1) is 10.6 Å². The Morgan fingerprint density at radius 2 is 1.96 bits per heavy atom. The molecule has 0 saturated carbocycles. The second-order valence-electron chi connectivity index (χ2n) is 6.11. The number of rotatable bonds is 6. The first-order chi connectivity index (χ1) is 13.7. The Labute approximate surface area is 171 Å². The molecule has 0 fully saturated rings. The number of halogens is 1. The highest BCUT2D eigenvalue weighted by Crippen LogP contribution is 2.26. The highest BCUT2D eigenvalue weighted by Gasteiger charge is 2.18. The SMILES string of the molecule is O=C(NCCc1ccccn1)c1cc(-c2cccs2)nn1-c1ccc(Cl)cc1. The Hall–Kier alpha value is -2.96. The zero-order valence-corrected chi connectivity index (χ0v) is 16.5. The molecule has 1 aromatic carbocycles. The first kappa shape index (κ1) is 18.4. The first-order valence-electron chi connectivity index (χ1n) is 8.79. The first-order valence-corrected chi connectivity index (χ1v) is 10.0. The van der Waals surface area contributed by atoms with Crippen molar-refractivity contribution in [3.05, 3.63) is 88.7 Å². The van der Waals surface area contributed by atoms with Crippen molar-refractivity contribution in [2.75, 3.05) is 6.54 Å². The maximum atomic E-state index is 12.9. The van der Waals surface area contributed by atoms with E-state index in [2.05, 4.69) is 15.4 Å². The van der Waals surface area contributed by atoms with Crippen LogP contribution in [0.5, 0.6) is 0 Å². The highest BCUT2D eigenvalue weighted by molar-refractivity contribution is 7.13. The van der Waals surface area contributed by atoms with Gasteiger partial charge in [0, 0.05) is 29.9 Å². The molecule has 3 aromatic heterocycles. The average molecular weight is 409 g/mol. The van der Waals surface area contributed by atoms with Gasteiger partial charge in [-0.2, -0.15) is 5.10 Å². The fraction of sp³-hybridized carbons (Fsp3) is 0.0952. The van der Waals surface area contributed by atoms with Crippen LogP contribution in [0.15, 0.2) is 72.2 Å². The predicted octanol–water partition coefficient (Wildman–Crippen LogP) is 4.62. The molecule has 0 aliphatic heterocycles. The minimum absolute atomic E-state index is 0.179. The van der Waals surface area contributed by atoms with E-state index in [0.29, 0.717) is 23.7 Å². The largest absolute Gasteiger partial charge is 0.350 e. The minimum Gasteiger partial charge on any atom is -0.350 e. The van der Waals surface area contributed by atoms with Gasteiger partial charge in [0.1, 0.15) is 11.4 Å². The van der Waals surface area contributed by atoms with Gasteiger partial charge in [-0.3, -0.25) is 9.78 Å². The van der Waals surface area contributed by atoms with Gasteiger partial charge in [-0.25, -0.2) is 4.68 Å². The summed E-state index contributed by atoms with van der Waals surface area (Å²) < 4.78 is 1.65. The van der Waals surface area contributed by atoms with Gasteiger partial charge in [-0.15, -0.1) is 11.3 Å². The number of hydrogen-bond acceptors (Lipinski definition) is 4. The number of nitrogens with zero attached hydrogens (tertiary/aromatic N) is 3. The molecule has 28 heavy (non-hydrogen) atoms. The fourth-order valence-corrected chi connectivity index (χ4v) is 3.61. The summed E-state index contributed by atoms with van der Waals surface area (Å²) in [5, 5.41) is 10.2. The lowest BCUT2D eigenvalue weighted by Crippen LogP contribution is -2.28. The number of benzene rings is 1. The smallest absolute Gasteiger partial charge is 0.270 e. The zero-order chi connectivity index (χ0) is 19.3. The molecular weight excluding hydrogens is 392 g/mol. The van der Waals surface area contributed by atoms with E-state index in [4.69, 9.17) is 11.6 Å². The molecule has 140 valence electrons. The molecule has 0 aliphatic rings. The number of carbonyl (C=O) groups is 1. The summed E-state index contributed by atoms with van der Waals surface area (Å²) in [4.78, 5) is 18.2. The molecule has 1 N–H and O–H groups in total. The number of pyridine rings is 1.